The summed E-state index contributed by atoms with van der Waals surface area (Å²) in [4.78, 5) is 15.2. The average molecular weight is 375 g/mol. The second kappa shape index (κ2) is 3.67. The zero-order valence-electron chi connectivity index (χ0n) is 8.39. The van der Waals surface area contributed by atoms with E-state index < -0.39 is 0 Å². The van der Waals surface area contributed by atoms with Gasteiger partial charge in [-0.15, -0.1) is 13.1 Å². The Hall–Kier alpha value is -0.342. The van der Waals surface area contributed by atoms with E-state index in [1.165, 1.54) is 0 Å². The normalized spacial score (nSPS) is 31.6. The Kier molecular flexibility index (Phi) is 3.07. The summed E-state index contributed by atoms with van der Waals surface area (Å²) in [5, 5.41) is 4.33. The number of hydrogen-bond donors (Lipinski definition) is 0. The van der Waals surface area contributed by atoms with Gasteiger partial charge in [-0.3, -0.25) is 4.90 Å². The number of carbonyl (C=O) groups is 1. The molecule has 2 fully saturated rings. The van der Waals surface area contributed by atoms with Crippen molar-refractivity contribution in [2.24, 2.45) is 0 Å². The molecule has 0 spiro atoms. The maximum Gasteiger partial charge on any atom is 0.324 e. The minimum absolute atomic E-state index is 0. The second-order valence-electron chi connectivity index (χ2n) is 3.82. The number of urea groups is 1. The van der Waals surface area contributed by atoms with Gasteiger partial charge >= 0.3 is 6.03 Å². The van der Waals surface area contributed by atoms with Gasteiger partial charge in [0, 0.05) is 40.4 Å². The van der Waals surface area contributed by atoms with Crippen molar-refractivity contribution in [3.8, 4) is 0 Å². The predicted octanol–water partition coefficient (Wildman–Crippen LogP) is 1.01. The van der Waals surface area contributed by atoms with E-state index in [4.69, 9.17) is 0 Å². The standard InChI is InChI=1S/C9H14N3O.Pt/c1-7-9(2)6-10-4-5-12(9)8(13)11(7)3;/h1,4-6H2,2-3H3;/q-1;. The molecule has 1 unspecified atom stereocenters. The summed E-state index contributed by atoms with van der Waals surface area (Å²) in [7, 11) is 1.77. The van der Waals surface area contributed by atoms with E-state index in [9.17, 15) is 4.79 Å². The number of hydrogen-bond acceptors (Lipinski definition) is 1. The first kappa shape index (κ1) is 11.7. The van der Waals surface area contributed by atoms with Crippen LogP contribution in [0.1, 0.15) is 6.92 Å². The average Bonchev–Trinajstić information content (AvgIpc) is 2.29. The van der Waals surface area contributed by atoms with Crippen molar-refractivity contribution < 1.29 is 25.9 Å². The van der Waals surface area contributed by atoms with Gasteiger partial charge in [0.05, 0.1) is 5.54 Å². The first-order valence-corrected chi connectivity index (χ1v) is 4.45. The Balaban J connectivity index is 0.000000980. The Labute approximate surface area is 98.6 Å². The molecule has 82 valence electrons. The van der Waals surface area contributed by atoms with Crippen molar-refractivity contribution in [2.45, 2.75) is 12.5 Å². The number of amides is 2. The molecule has 2 amide bonds. The van der Waals surface area contributed by atoms with Crippen molar-refractivity contribution in [2.75, 3.05) is 26.7 Å². The summed E-state index contributed by atoms with van der Waals surface area (Å²) in [6.07, 6.45) is 0. The molecule has 0 bridgehead atoms. The molecule has 0 aliphatic carbocycles. The van der Waals surface area contributed by atoms with Crippen LogP contribution in [-0.4, -0.2) is 48.1 Å². The van der Waals surface area contributed by atoms with Gasteiger partial charge in [-0.05, 0) is 6.92 Å². The van der Waals surface area contributed by atoms with Gasteiger partial charge < -0.3 is 10.2 Å². The zero-order valence-corrected chi connectivity index (χ0v) is 10.7. The smallest absolute Gasteiger partial charge is 0.324 e. The third-order valence-electron chi connectivity index (χ3n) is 3.04. The van der Waals surface area contributed by atoms with Gasteiger partial charge in [-0.2, -0.15) is 0 Å². The van der Waals surface area contributed by atoms with Crippen LogP contribution in [0.2, 0.25) is 0 Å². The largest absolute Gasteiger partial charge is 0.659 e. The number of nitrogens with zero attached hydrogens (tertiary/aromatic N) is 3. The van der Waals surface area contributed by atoms with Gasteiger partial charge in [0.2, 0.25) is 0 Å². The van der Waals surface area contributed by atoms with Crippen LogP contribution < -0.4 is 0 Å². The first-order chi connectivity index (χ1) is 6.07. The molecule has 0 N–H and O–H groups in total. The number of piperazine rings is 1. The van der Waals surface area contributed by atoms with E-state index in [-0.39, 0.29) is 32.6 Å². The Morgan fingerprint density at radius 1 is 1.57 bits per heavy atom. The minimum atomic E-state index is -0.260. The van der Waals surface area contributed by atoms with E-state index in [0.717, 1.165) is 18.8 Å². The Morgan fingerprint density at radius 2 is 2.21 bits per heavy atom. The summed E-state index contributed by atoms with van der Waals surface area (Å²) >= 11 is 0. The van der Waals surface area contributed by atoms with E-state index in [0.29, 0.717) is 6.54 Å². The molecule has 4 nitrogen and oxygen atoms in total. The Morgan fingerprint density at radius 3 is 2.79 bits per heavy atom. The Bertz CT molecular complexity index is 281. The SMILES string of the molecule is C=C1N(C)C(=O)N2CC[N-]CC12C.[Pt]. The maximum atomic E-state index is 11.7. The molecule has 0 saturated carbocycles. The molecule has 1 atom stereocenters. The predicted molar refractivity (Wildman–Crippen MR) is 50.5 cm³/mol. The number of fused-ring (bicyclic) bond motifs is 1. The fourth-order valence-corrected chi connectivity index (χ4v) is 2.01. The van der Waals surface area contributed by atoms with Crippen LogP contribution in [0.5, 0.6) is 0 Å². The monoisotopic (exact) mass is 375 g/mol. The molecule has 2 saturated heterocycles. The molecule has 5 heteroatoms. The number of carbonyl (C=O) groups excluding carboxylic acids is 1. The third-order valence-corrected chi connectivity index (χ3v) is 3.04. The summed E-state index contributed by atoms with van der Waals surface area (Å²) in [5.41, 5.74) is 0.602. The molecule has 0 radical (unpaired) electrons. The van der Waals surface area contributed by atoms with Crippen LogP contribution in [0.4, 0.5) is 4.79 Å². The minimum Gasteiger partial charge on any atom is -0.659 e. The molecular formula is C9H14N3OPt-. The van der Waals surface area contributed by atoms with Gasteiger partial charge in [0.15, 0.2) is 0 Å². The summed E-state index contributed by atoms with van der Waals surface area (Å²) < 4.78 is 0. The van der Waals surface area contributed by atoms with E-state index in [1.54, 1.807) is 11.9 Å². The third kappa shape index (κ3) is 1.32. The molecule has 2 aliphatic heterocycles. The topological polar surface area (TPSA) is 37.7 Å². The molecule has 0 aromatic rings. The summed E-state index contributed by atoms with van der Waals surface area (Å²) in [5.74, 6) is 0. The van der Waals surface area contributed by atoms with Crippen LogP contribution in [0.25, 0.3) is 5.32 Å². The summed E-state index contributed by atoms with van der Waals surface area (Å²) in [6, 6.07) is 0.0578. The van der Waals surface area contributed by atoms with Crippen molar-refractivity contribution in [3.05, 3.63) is 17.6 Å². The van der Waals surface area contributed by atoms with Crippen molar-refractivity contribution in [3.63, 3.8) is 0 Å². The first-order valence-electron chi connectivity index (χ1n) is 4.45. The van der Waals surface area contributed by atoms with Crippen LogP contribution in [0.3, 0.4) is 0 Å². The number of rotatable bonds is 0. The molecule has 2 rings (SSSR count). The fourth-order valence-electron chi connectivity index (χ4n) is 2.01. The molecule has 14 heavy (non-hydrogen) atoms. The fraction of sp³-hybridized carbons (Fsp3) is 0.667. The van der Waals surface area contributed by atoms with Crippen LogP contribution >= 0.6 is 0 Å². The molecule has 2 aliphatic rings. The van der Waals surface area contributed by atoms with E-state index in [2.05, 4.69) is 11.9 Å². The summed E-state index contributed by atoms with van der Waals surface area (Å²) in [6.45, 7) is 8.13. The van der Waals surface area contributed by atoms with Gasteiger partial charge in [0.25, 0.3) is 0 Å². The van der Waals surface area contributed by atoms with Gasteiger partial charge in [-0.1, -0.05) is 6.58 Å². The van der Waals surface area contributed by atoms with Crippen molar-refractivity contribution in [1.82, 2.24) is 9.80 Å². The van der Waals surface area contributed by atoms with E-state index >= 15 is 0 Å². The van der Waals surface area contributed by atoms with E-state index in [1.807, 2.05) is 11.8 Å². The van der Waals surface area contributed by atoms with Crippen molar-refractivity contribution in [1.29, 1.82) is 0 Å². The van der Waals surface area contributed by atoms with Gasteiger partial charge in [0.1, 0.15) is 0 Å². The van der Waals surface area contributed by atoms with Gasteiger partial charge in [-0.25, -0.2) is 4.79 Å². The zero-order chi connectivity index (χ0) is 9.64. The number of likely N-dealkylation sites (N-methyl/N-ethyl adjacent to an activating group) is 1. The quantitative estimate of drug-likeness (QED) is 0.623. The van der Waals surface area contributed by atoms with Crippen LogP contribution in [0, 0.1) is 0 Å². The molecule has 0 aromatic carbocycles. The van der Waals surface area contributed by atoms with Crippen LogP contribution in [-0.2, 0) is 21.1 Å². The van der Waals surface area contributed by atoms with Crippen molar-refractivity contribution >= 4 is 6.03 Å². The molecular weight excluding hydrogens is 361 g/mol. The second-order valence-corrected chi connectivity index (χ2v) is 3.82. The molecule has 0 aromatic heterocycles. The van der Waals surface area contributed by atoms with Crippen LogP contribution in [0.15, 0.2) is 12.3 Å². The molecule has 2 heterocycles. The maximum absolute atomic E-state index is 11.7.